The summed E-state index contributed by atoms with van der Waals surface area (Å²) in [5.74, 6) is 4.37. The van der Waals surface area contributed by atoms with Crippen molar-refractivity contribution < 1.29 is 0 Å². The molecule has 0 radical (unpaired) electrons. The molecule has 0 aliphatic heterocycles. The van der Waals surface area contributed by atoms with Gasteiger partial charge in [0.15, 0.2) is 0 Å². The van der Waals surface area contributed by atoms with Crippen molar-refractivity contribution in [2.75, 3.05) is 0 Å². The Bertz CT molecular complexity index is 159. The fraction of sp³-hybridized carbons (Fsp3) is 1.00. The third-order valence-corrected chi connectivity index (χ3v) is 4.73. The lowest BCUT2D eigenvalue weighted by Crippen LogP contribution is -2.36. The lowest BCUT2D eigenvalue weighted by Gasteiger charge is -2.46. The van der Waals surface area contributed by atoms with E-state index < -0.39 is 0 Å². The second kappa shape index (κ2) is 4.02. The van der Waals surface area contributed by atoms with Crippen molar-refractivity contribution in [1.82, 2.24) is 0 Å². The molecule has 76 valence electrons. The maximum absolute atomic E-state index is 2.49. The fourth-order valence-electron chi connectivity index (χ4n) is 3.65. The Labute approximate surface area is 83.1 Å². The molecule has 2 rings (SSSR count). The molecule has 0 heterocycles. The third-order valence-electron chi connectivity index (χ3n) is 4.73. The van der Waals surface area contributed by atoms with Crippen molar-refractivity contribution in [2.24, 2.45) is 23.7 Å². The summed E-state index contributed by atoms with van der Waals surface area (Å²) in [5.41, 5.74) is 0. The maximum atomic E-state index is 2.49. The number of hydrogen-bond acceptors (Lipinski definition) is 0. The first-order chi connectivity index (χ1) is 6.33. The van der Waals surface area contributed by atoms with Crippen LogP contribution in [0.3, 0.4) is 0 Å². The predicted molar refractivity (Wildman–Crippen MR) is 57.6 cm³/mol. The molecule has 13 heavy (non-hydrogen) atoms. The average molecular weight is 180 g/mol. The Morgan fingerprint density at radius 1 is 0.923 bits per heavy atom. The normalized spacial score (nSPS) is 45.7. The molecular weight excluding hydrogens is 156 g/mol. The fourth-order valence-corrected chi connectivity index (χ4v) is 3.65. The maximum Gasteiger partial charge on any atom is -0.0355 e. The topological polar surface area (TPSA) is 0 Å². The standard InChI is InChI=1S/C13H24/c1-3-11-8-9-13(11)12-7-5-4-6-10(12)2/h10-13H,3-9H2,1-2H3. The zero-order valence-electron chi connectivity index (χ0n) is 9.26. The minimum Gasteiger partial charge on any atom is -0.0651 e. The SMILES string of the molecule is CCC1CCC1C1CCCCC1C. The number of rotatable bonds is 2. The van der Waals surface area contributed by atoms with E-state index in [-0.39, 0.29) is 0 Å². The molecular formula is C13H24. The first-order valence-corrected chi connectivity index (χ1v) is 6.33. The third kappa shape index (κ3) is 1.78. The van der Waals surface area contributed by atoms with Crippen LogP contribution in [0.15, 0.2) is 0 Å². The van der Waals surface area contributed by atoms with Crippen LogP contribution in [0.4, 0.5) is 0 Å². The van der Waals surface area contributed by atoms with Gasteiger partial charge in [0.2, 0.25) is 0 Å². The molecule has 2 saturated carbocycles. The molecule has 0 amide bonds. The van der Waals surface area contributed by atoms with E-state index in [1.54, 1.807) is 12.8 Å². The van der Waals surface area contributed by atoms with Gasteiger partial charge >= 0.3 is 0 Å². The minimum atomic E-state index is 1.04. The highest BCUT2D eigenvalue weighted by Crippen LogP contribution is 2.48. The van der Waals surface area contributed by atoms with Gasteiger partial charge in [-0.25, -0.2) is 0 Å². The van der Waals surface area contributed by atoms with E-state index in [9.17, 15) is 0 Å². The van der Waals surface area contributed by atoms with E-state index in [0.717, 1.165) is 23.7 Å². The van der Waals surface area contributed by atoms with Gasteiger partial charge in [-0.2, -0.15) is 0 Å². The molecule has 0 aromatic carbocycles. The van der Waals surface area contributed by atoms with Gasteiger partial charge in [-0.05, 0) is 42.9 Å². The Hall–Kier alpha value is 0. The summed E-state index contributed by atoms with van der Waals surface area (Å²) in [6, 6.07) is 0. The highest BCUT2D eigenvalue weighted by molar-refractivity contribution is 4.88. The lowest BCUT2D eigenvalue weighted by molar-refractivity contribution is 0.0449. The quantitative estimate of drug-likeness (QED) is 0.596. The van der Waals surface area contributed by atoms with Gasteiger partial charge in [-0.15, -0.1) is 0 Å². The van der Waals surface area contributed by atoms with Crippen molar-refractivity contribution in [1.29, 1.82) is 0 Å². The Kier molecular flexibility index (Phi) is 2.96. The molecule has 2 fully saturated rings. The Balaban J connectivity index is 1.91. The summed E-state index contributed by atoms with van der Waals surface area (Å²) >= 11 is 0. The van der Waals surface area contributed by atoms with Gasteiger partial charge < -0.3 is 0 Å². The van der Waals surface area contributed by atoms with Crippen molar-refractivity contribution >= 4 is 0 Å². The Morgan fingerprint density at radius 2 is 1.69 bits per heavy atom. The molecule has 2 aliphatic rings. The molecule has 2 aliphatic carbocycles. The summed E-state index contributed by atoms with van der Waals surface area (Å²) < 4.78 is 0. The van der Waals surface area contributed by atoms with E-state index >= 15 is 0 Å². The molecule has 0 nitrogen and oxygen atoms in total. The van der Waals surface area contributed by atoms with E-state index in [2.05, 4.69) is 13.8 Å². The molecule has 0 bridgehead atoms. The predicted octanol–water partition coefficient (Wildman–Crippen LogP) is 4.25. The van der Waals surface area contributed by atoms with Crippen LogP contribution in [0.1, 0.15) is 58.8 Å². The van der Waals surface area contributed by atoms with Gasteiger partial charge in [0.05, 0.1) is 0 Å². The first-order valence-electron chi connectivity index (χ1n) is 6.33. The van der Waals surface area contributed by atoms with Crippen LogP contribution in [-0.2, 0) is 0 Å². The van der Waals surface area contributed by atoms with E-state index in [1.165, 1.54) is 32.1 Å². The van der Waals surface area contributed by atoms with Gasteiger partial charge in [0, 0.05) is 0 Å². The van der Waals surface area contributed by atoms with Gasteiger partial charge in [-0.1, -0.05) is 39.5 Å². The van der Waals surface area contributed by atoms with Gasteiger partial charge in [-0.3, -0.25) is 0 Å². The molecule has 0 aromatic heterocycles. The van der Waals surface area contributed by atoms with Crippen molar-refractivity contribution in [3.63, 3.8) is 0 Å². The highest BCUT2D eigenvalue weighted by Gasteiger charge is 2.38. The monoisotopic (exact) mass is 180 g/mol. The lowest BCUT2D eigenvalue weighted by atomic mass is 9.60. The summed E-state index contributed by atoms with van der Waals surface area (Å²) in [4.78, 5) is 0. The second-order valence-corrected chi connectivity index (χ2v) is 5.34. The molecule has 0 spiro atoms. The number of hydrogen-bond donors (Lipinski definition) is 0. The van der Waals surface area contributed by atoms with E-state index in [4.69, 9.17) is 0 Å². The molecule has 0 aromatic rings. The van der Waals surface area contributed by atoms with Gasteiger partial charge in [0.25, 0.3) is 0 Å². The average Bonchev–Trinajstić information content (AvgIpc) is 2.08. The molecule has 0 saturated heterocycles. The van der Waals surface area contributed by atoms with E-state index in [0.29, 0.717) is 0 Å². The van der Waals surface area contributed by atoms with Crippen molar-refractivity contribution in [3.8, 4) is 0 Å². The zero-order chi connectivity index (χ0) is 9.26. The Morgan fingerprint density at radius 3 is 2.23 bits per heavy atom. The van der Waals surface area contributed by atoms with Crippen LogP contribution in [0, 0.1) is 23.7 Å². The zero-order valence-corrected chi connectivity index (χ0v) is 9.26. The van der Waals surface area contributed by atoms with Crippen LogP contribution in [-0.4, -0.2) is 0 Å². The van der Waals surface area contributed by atoms with Crippen LogP contribution >= 0.6 is 0 Å². The molecule has 0 heteroatoms. The molecule has 4 unspecified atom stereocenters. The highest BCUT2D eigenvalue weighted by atomic mass is 14.4. The smallest absolute Gasteiger partial charge is 0.0355 e. The van der Waals surface area contributed by atoms with E-state index in [1.807, 2.05) is 0 Å². The largest absolute Gasteiger partial charge is 0.0651 e. The van der Waals surface area contributed by atoms with Crippen LogP contribution in [0.2, 0.25) is 0 Å². The van der Waals surface area contributed by atoms with Gasteiger partial charge in [0.1, 0.15) is 0 Å². The summed E-state index contributed by atoms with van der Waals surface area (Å²) in [5, 5.41) is 0. The molecule has 4 atom stereocenters. The molecule has 0 N–H and O–H groups in total. The van der Waals surface area contributed by atoms with Crippen molar-refractivity contribution in [3.05, 3.63) is 0 Å². The van der Waals surface area contributed by atoms with Crippen LogP contribution in [0.25, 0.3) is 0 Å². The van der Waals surface area contributed by atoms with Crippen LogP contribution < -0.4 is 0 Å². The van der Waals surface area contributed by atoms with Crippen molar-refractivity contribution in [2.45, 2.75) is 58.8 Å². The van der Waals surface area contributed by atoms with Crippen LogP contribution in [0.5, 0.6) is 0 Å². The first kappa shape index (κ1) is 9.55. The summed E-state index contributed by atoms with van der Waals surface area (Å²) in [6.45, 7) is 4.87. The minimum absolute atomic E-state index is 1.04. The summed E-state index contributed by atoms with van der Waals surface area (Å²) in [7, 11) is 0. The summed E-state index contributed by atoms with van der Waals surface area (Å²) in [6.07, 6.45) is 10.6. The second-order valence-electron chi connectivity index (χ2n) is 5.34.